The second kappa shape index (κ2) is 10.9. The van der Waals surface area contributed by atoms with E-state index >= 15 is 0 Å². The van der Waals surface area contributed by atoms with Crippen LogP contribution < -0.4 is 21.7 Å². The molecule has 0 spiro atoms. The summed E-state index contributed by atoms with van der Waals surface area (Å²) >= 11 is 0. The van der Waals surface area contributed by atoms with Crippen LogP contribution in [-0.4, -0.2) is 55.6 Å². The number of rotatable bonds is 1. The molecule has 1 fully saturated rings. The molecule has 1 heterocycles. The zero-order valence-electron chi connectivity index (χ0n) is 11.7. The Morgan fingerprint density at radius 3 is 2.43 bits per heavy atom. The third-order valence-corrected chi connectivity index (χ3v) is 2.96. The second-order valence-electron chi connectivity index (χ2n) is 4.58. The Morgan fingerprint density at radius 1 is 1.05 bits per heavy atom. The van der Waals surface area contributed by atoms with Crippen molar-refractivity contribution in [2.24, 2.45) is 5.73 Å². The van der Waals surface area contributed by atoms with Crippen molar-refractivity contribution in [1.82, 2.24) is 16.0 Å². The molecule has 1 rings (SSSR count). The minimum atomic E-state index is -0.701. The van der Waals surface area contributed by atoms with Crippen molar-refractivity contribution in [2.45, 2.75) is 31.3 Å². The van der Waals surface area contributed by atoms with Crippen LogP contribution in [0.1, 0.15) is 19.3 Å². The molecule has 2 unspecified atom stereocenters. The van der Waals surface area contributed by atoms with E-state index in [1.165, 1.54) is 0 Å². The van der Waals surface area contributed by atoms with Crippen molar-refractivity contribution in [1.29, 1.82) is 0 Å². The number of hydrogen-bond donors (Lipinski definition) is 4. The number of hydrogen-bond acceptors (Lipinski definition) is 6. The zero-order valence-corrected chi connectivity index (χ0v) is 14.5. The number of carbonyl (C=O) groups excluding carboxylic acids is 4. The van der Waals surface area contributed by atoms with Crippen molar-refractivity contribution in [3.63, 3.8) is 0 Å². The van der Waals surface area contributed by atoms with E-state index in [0.29, 0.717) is 6.42 Å². The van der Waals surface area contributed by atoms with Crippen molar-refractivity contribution < 1.29 is 51.9 Å². The van der Waals surface area contributed by atoms with Gasteiger partial charge in [0.2, 0.25) is 11.8 Å². The fourth-order valence-corrected chi connectivity index (χ4v) is 1.69. The van der Waals surface area contributed by atoms with Crippen LogP contribution in [0, 0.1) is 0 Å². The van der Waals surface area contributed by atoms with Gasteiger partial charge >= 0.3 is 0 Å². The van der Waals surface area contributed by atoms with Crippen LogP contribution in [0.4, 0.5) is 0 Å². The van der Waals surface area contributed by atoms with Crippen molar-refractivity contribution in [3.8, 4) is 0 Å². The van der Waals surface area contributed by atoms with Crippen molar-refractivity contribution in [2.75, 3.05) is 19.6 Å². The maximum absolute atomic E-state index is 11.7. The van der Waals surface area contributed by atoms with Gasteiger partial charge in [-0.05, 0) is 6.42 Å². The van der Waals surface area contributed by atoms with Crippen LogP contribution in [0.2, 0.25) is 0 Å². The Labute approximate surface area is 148 Å². The van der Waals surface area contributed by atoms with Gasteiger partial charge in [-0.1, -0.05) is 12.5 Å². The summed E-state index contributed by atoms with van der Waals surface area (Å²) < 4.78 is 0. The molecule has 2 atom stereocenters. The number of amides is 2. The molecule has 0 bridgehead atoms. The third kappa shape index (κ3) is 8.35. The fraction of sp³-hybridized carbons (Fsp3) is 0.667. The first kappa shape index (κ1) is 20.3. The number of nitrogens with two attached hydrogens (primary N) is 1. The Kier molecular flexibility index (Phi) is 10.6. The number of carbonyl (C=O) groups is 3. The maximum atomic E-state index is 11.7. The van der Waals surface area contributed by atoms with Crippen LogP contribution in [0.3, 0.4) is 0 Å². The smallest absolute Gasteiger partial charge is 0.239 e. The van der Waals surface area contributed by atoms with Crippen LogP contribution in [0.5, 0.6) is 0 Å². The summed E-state index contributed by atoms with van der Waals surface area (Å²) in [6, 6.07) is -1.40. The summed E-state index contributed by atoms with van der Waals surface area (Å²) in [6.45, 7) is 0.0619. The van der Waals surface area contributed by atoms with E-state index in [2.05, 4.69) is 16.0 Å². The van der Waals surface area contributed by atoms with Crippen LogP contribution >= 0.6 is 0 Å². The standard InChI is InChI=1S/C12H19N4O4.Y/c13-9-3-4-14-12(20)6-16-11(19)2-1-8(7-17)15-5-10(9)18;/h8-9,15H,1-6,13H2,(H,14,20)(H,16,19);/q-1;. The molecule has 0 aliphatic carbocycles. The summed E-state index contributed by atoms with van der Waals surface area (Å²) in [5, 5.41) is 7.72. The molecule has 0 aromatic rings. The predicted molar refractivity (Wildman–Crippen MR) is 70.3 cm³/mol. The average Bonchev–Trinajstić information content (AvgIpc) is 2.43. The molecule has 5 N–H and O–H groups in total. The van der Waals surface area contributed by atoms with Gasteiger partial charge in [-0.15, -0.1) is 0 Å². The molecule has 115 valence electrons. The van der Waals surface area contributed by atoms with Gasteiger partial charge in [0.15, 0.2) is 5.78 Å². The first-order valence-corrected chi connectivity index (χ1v) is 6.45. The van der Waals surface area contributed by atoms with E-state index in [-0.39, 0.29) is 82.8 Å². The second-order valence-corrected chi connectivity index (χ2v) is 4.58. The summed E-state index contributed by atoms with van der Waals surface area (Å²) in [6.07, 6.45) is 2.31. The third-order valence-electron chi connectivity index (χ3n) is 2.96. The van der Waals surface area contributed by atoms with E-state index in [9.17, 15) is 19.2 Å². The van der Waals surface area contributed by atoms with E-state index in [1.807, 2.05) is 0 Å². The number of ketones is 1. The quantitative estimate of drug-likeness (QED) is 0.373. The molecule has 1 aliphatic heterocycles. The van der Waals surface area contributed by atoms with Crippen LogP contribution in [0.25, 0.3) is 0 Å². The molecular weight excluding hydrogens is 353 g/mol. The largest absolute Gasteiger partial charge is 0.540 e. The van der Waals surface area contributed by atoms with Crippen LogP contribution in [0.15, 0.2) is 0 Å². The zero-order chi connectivity index (χ0) is 15.0. The minimum Gasteiger partial charge on any atom is -0.540 e. The first-order valence-electron chi connectivity index (χ1n) is 6.45. The average molecular weight is 372 g/mol. The van der Waals surface area contributed by atoms with Gasteiger partial charge < -0.3 is 26.5 Å². The van der Waals surface area contributed by atoms with E-state index < -0.39 is 12.1 Å². The van der Waals surface area contributed by atoms with Gasteiger partial charge in [-0.3, -0.25) is 14.4 Å². The summed E-state index contributed by atoms with van der Waals surface area (Å²) in [5.74, 6) is -0.921. The molecule has 21 heavy (non-hydrogen) atoms. The molecule has 1 radical (unpaired) electrons. The molecule has 0 saturated carbocycles. The first-order chi connectivity index (χ1) is 9.52. The SMILES string of the molecule is NC1CCNC(=O)CNC(=O)CCC([C-]=O)NCC1=O.[Y]. The van der Waals surface area contributed by atoms with Crippen molar-refractivity contribution in [3.05, 3.63) is 0 Å². The minimum absolute atomic E-state index is 0. The molecule has 0 aromatic carbocycles. The summed E-state index contributed by atoms with van der Waals surface area (Å²) in [5.41, 5.74) is 5.67. The number of Topliss-reactive ketones (excluding diaryl/α,β-unsaturated/α-hetero) is 1. The van der Waals surface area contributed by atoms with Gasteiger partial charge in [-0.25, -0.2) is 6.29 Å². The normalized spacial score (nSPS) is 25.9. The van der Waals surface area contributed by atoms with E-state index in [4.69, 9.17) is 5.73 Å². The fourth-order valence-electron chi connectivity index (χ4n) is 1.69. The van der Waals surface area contributed by atoms with Crippen LogP contribution in [-0.2, 0) is 51.9 Å². The molecule has 0 aromatic heterocycles. The van der Waals surface area contributed by atoms with Crippen molar-refractivity contribution >= 4 is 23.9 Å². The Bertz CT molecular complexity index is 391. The Hall–Kier alpha value is -0.696. The van der Waals surface area contributed by atoms with Gasteiger partial charge in [0.05, 0.1) is 19.1 Å². The number of nitrogens with one attached hydrogen (secondary N) is 3. The van der Waals surface area contributed by atoms with Gasteiger partial charge in [-0.2, -0.15) is 0 Å². The summed E-state index contributed by atoms with van der Waals surface area (Å²) in [4.78, 5) is 45.2. The predicted octanol–water partition coefficient (Wildman–Crippen LogP) is -2.64. The van der Waals surface area contributed by atoms with Gasteiger partial charge in [0.1, 0.15) is 0 Å². The topological polar surface area (TPSA) is 130 Å². The molecular formula is C12H19N4O4Y-. The summed E-state index contributed by atoms with van der Waals surface area (Å²) in [7, 11) is 0. The van der Waals surface area contributed by atoms with E-state index in [0.717, 1.165) is 0 Å². The molecule has 1 saturated heterocycles. The maximum Gasteiger partial charge on any atom is 0.239 e. The Morgan fingerprint density at radius 2 is 1.76 bits per heavy atom. The van der Waals surface area contributed by atoms with E-state index in [1.54, 1.807) is 6.29 Å². The molecule has 9 heteroatoms. The monoisotopic (exact) mass is 372 g/mol. The molecule has 8 nitrogen and oxygen atoms in total. The molecule has 2 amide bonds. The van der Waals surface area contributed by atoms with Gasteiger partial charge in [0.25, 0.3) is 0 Å². The Balaban J connectivity index is 0.00000400. The molecule has 1 aliphatic rings. The van der Waals surface area contributed by atoms with Gasteiger partial charge in [0, 0.05) is 45.7 Å².